The van der Waals surface area contributed by atoms with E-state index in [9.17, 15) is 9.90 Å². The Morgan fingerprint density at radius 2 is 2.05 bits per heavy atom. The minimum absolute atomic E-state index is 0.0601. The fourth-order valence-corrected chi connectivity index (χ4v) is 4.72. The molecule has 1 aromatic carbocycles. The zero-order valence-electron chi connectivity index (χ0n) is 10.2. The van der Waals surface area contributed by atoms with E-state index >= 15 is 0 Å². The lowest BCUT2D eigenvalue weighted by molar-refractivity contribution is -0.143. The Morgan fingerprint density at radius 1 is 1.26 bits per heavy atom. The highest BCUT2D eigenvalue weighted by Gasteiger charge is 2.50. The van der Waals surface area contributed by atoms with Crippen molar-refractivity contribution in [2.24, 2.45) is 17.8 Å². The van der Waals surface area contributed by atoms with Crippen LogP contribution in [0.1, 0.15) is 17.3 Å². The molecular weight excluding hydrogens is 258 g/mol. The molecule has 0 spiro atoms. The monoisotopic (exact) mass is 271 g/mol. The summed E-state index contributed by atoms with van der Waals surface area (Å²) >= 11 is 1.65. The molecule has 19 heavy (non-hydrogen) atoms. The van der Waals surface area contributed by atoms with Crippen LogP contribution in [0.2, 0.25) is 0 Å². The van der Waals surface area contributed by atoms with Crippen molar-refractivity contribution in [1.29, 1.82) is 0 Å². The Hall–Kier alpha value is -1.68. The molecule has 1 aromatic heterocycles. The highest BCUT2D eigenvalue weighted by molar-refractivity contribution is 7.18. The number of hydrogen-bond donors (Lipinski definition) is 1. The SMILES string of the molecule is O=C(O)C1C2C=CC(C2)C1c1nc2ccccc2s1. The van der Waals surface area contributed by atoms with Crippen LogP contribution in [0.5, 0.6) is 0 Å². The zero-order chi connectivity index (χ0) is 13.0. The molecule has 2 bridgehead atoms. The predicted molar refractivity (Wildman–Crippen MR) is 74.2 cm³/mol. The first-order valence-electron chi connectivity index (χ1n) is 6.50. The van der Waals surface area contributed by atoms with Crippen LogP contribution in [-0.2, 0) is 4.79 Å². The van der Waals surface area contributed by atoms with Gasteiger partial charge < -0.3 is 5.11 Å². The summed E-state index contributed by atoms with van der Waals surface area (Å²) in [6.07, 6.45) is 5.23. The summed E-state index contributed by atoms with van der Waals surface area (Å²) in [6.45, 7) is 0. The maximum Gasteiger partial charge on any atom is 0.307 e. The number of carboxylic acids is 1. The number of aliphatic carboxylic acids is 1. The van der Waals surface area contributed by atoms with Gasteiger partial charge in [-0.3, -0.25) is 4.79 Å². The summed E-state index contributed by atoms with van der Waals surface area (Å²) in [4.78, 5) is 16.2. The van der Waals surface area contributed by atoms with Gasteiger partial charge in [0.25, 0.3) is 0 Å². The number of rotatable bonds is 2. The third kappa shape index (κ3) is 1.56. The number of fused-ring (bicyclic) bond motifs is 3. The smallest absolute Gasteiger partial charge is 0.307 e. The van der Waals surface area contributed by atoms with Crippen LogP contribution in [0.3, 0.4) is 0 Å². The van der Waals surface area contributed by atoms with E-state index in [1.807, 2.05) is 18.2 Å². The standard InChI is InChI=1S/C15H13NO2S/c17-15(18)13-9-6-5-8(7-9)12(13)14-16-10-3-1-2-4-11(10)19-14/h1-6,8-9,12-13H,7H2,(H,17,18). The Balaban J connectivity index is 1.82. The molecule has 1 saturated carbocycles. The average Bonchev–Trinajstić information content (AvgIpc) is 3.10. The lowest BCUT2D eigenvalue weighted by Crippen LogP contribution is -2.25. The third-order valence-electron chi connectivity index (χ3n) is 4.34. The van der Waals surface area contributed by atoms with Crippen molar-refractivity contribution >= 4 is 27.5 Å². The number of benzene rings is 1. The van der Waals surface area contributed by atoms with E-state index in [2.05, 4.69) is 23.2 Å². The quantitative estimate of drug-likeness (QED) is 0.853. The van der Waals surface area contributed by atoms with E-state index in [4.69, 9.17) is 0 Å². The van der Waals surface area contributed by atoms with Crippen molar-refractivity contribution in [1.82, 2.24) is 4.98 Å². The van der Waals surface area contributed by atoms with Crippen LogP contribution in [0.15, 0.2) is 36.4 Å². The van der Waals surface area contributed by atoms with Crippen molar-refractivity contribution in [2.45, 2.75) is 12.3 Å². The van der Waals surface area contributed by atoms with Crippen molar-refractivity contribution < 1.29 is 9.90 Å². The average molecular weight is 271 g/mol. The van der Waals surface area contributed by atoms with Gasteiger partial charge in [-0.1, -0.05) is 24.3 Å². The summed E-state index contributed by atoms with van der Waals surface area (Å²) in [7, 11) is 0. The minimum Gasteiger partial charge on any atom is -0.481 e. The lowest BCUT2D eigenvalue weighted by atomic mass is 9.83. The van der Waals surface area contributed by atoms with Crippen molar-refractivity contribution in [3.05, 3.63) is 41.4 Å². The Morgan fingerprint density at radius 3 is 2.84 bits per heavy atom. The fraction of sp³-hybridized carbons (Fsp3) is 0.333. The first-order chi connectivity index (χ1) is 9.24. The van der Waals surface area contributed by atoms with E-state index in [0.717, 1.165) is 21.6 Å². The maximum atomic E-state index is 11.5. The normalized spacial score (nSPS) is 32.2. The van der Waals surface area contributed by atoms with Crippen LogP contribution in [0.25, 0.3) is 10.2 Å². The first kappa shape index (κ1) is 11.2. The molecule has 1 heterocycles. The molecule has 4 atom stereocenters. The fourth-order valence-electron chi connectivity index (χ4n) is 3.53. The van der Waals surface area contributed by atoms with Crippen LogP contribution in [0, 0.1) is 17.8 Å². The van der Waals surface area contributed by atoms with E-state index < -0.39 is 5.97 Å². The molecule has 2 aliphatic rings. The van der Waals surface area contributed by atoms with Crippen LogP contribution < -0.4 is 0 Å². The maximum absolute atomic E-state index is 11.5. The summed E-state index contributed by atoms with van der Waals surface area (Å²) in [5, 5.41) is 10.5. The van der Waals surface area contributed by atoms with E-state index in [-0.39, 0.29) is 17.8 Å². The van der Waals surface area contributed by atoms with Crippen molar-refractivity contribution in [3.8, 4) is 0 Å². The number of thiazole rings is 1. The van der Waals surface area contributed by atoms with Crippen LogP contribution >= 0.6 is 11.3 Å². The van der Waals surface area contributed by atoms with Gasteiger partial charge in [0.15, 0.2) is 0 Å². The summed E-state index contributed by atoms with van der Waals surface area (Å²) in [5.74, 6) is -0.368. The van der Waals surface area contributed by atoms with Crippen LogP contribution in [0.4, 0.5) is 0 Å². The second kappa shape index (κ2) is 3.90. The number of nitrogens with zero attached hydrogens (tertiary/aromatic N) is 1. The Kier molecular flexibility index (Phi) is 2.30. The second-order valence-corrected chi connectivity index (χ2v) is 6.42. The van der Waals surface area contributed by atoms with Crippen molar-refractivity contribution in [2.75, 3.05) is 0 Å². The van der Waals surface area contributed by atoms with E-state index in [0.29, 0.717) is 5.92 Å². The topological polar surface area (TPSA) is 50.2 Å². The molecule has 4 unspecified atom stereocenters. The summed E-state index contributed by atoms with van der Waals surface area (Å²) in [6, 6.07) is 8.02. The predicted octanol–water partition coefficient (Wildman–Crippen LogP) is 3.29. The largest absolute Gasteiger partial charge is 0.481 e. The summed E-state index contributed by atoms with van der Waals surface area (Å²) in [5.41, 5.74) is 0.985. The van der Waals surface area contributed by atoms with Crippen molar-refractivity contribution in [3.63, 3.8) is 0 Å². The molecule has 2 aliphatic carbocycles. The molecular formula is C15H13NO2S. The minimum atomic E-state index is -0.680. The molecule has 0 radical (unpaired) electrons. The zero-order valence-corrected chi connectivity index (χ0v) is 11.0. The molecule has 0 aliphatic heterocycles. The van der Waals surface area contributed by atoms with Gasteiger partial charge in [0.2, 0.25) is 0 Å². The molecule has 0 saturated heterocycles. The molecule has 96 valence electrons. The van der Waals surface area contributed by atoms with Gasteiger partial charge in [0, 0.05) is 5.92 Å². The summed E-state index contributed by atoms with van der Waals surface area (Å²) < 4.78 is 1.15. The van der Waals surface area contributed by atoms with E-state index in [1.54, 1.807) is 11.3 Å². The molecule has 4 heteroatoms. The first-order valence-corrected chi connectivity index (χ1v) is 7.32. The molecule has 1 fully saturated rings. The third-order valence-corrected chi connectivity index (χ3v) is 5.48. The number of aromatic nitrogens is 1. The molecule has 3 nitrogen and oxygen atoms in total. The molecule has 4 rings (SSSR count). The number of carbonyl (C=O) groups is 1. The number of carboxylic acid groups (broad SMARTS) is 1. The number of allylic oxidation sites excluding steroid dienone is 2. The van der Waals surface area contributed by atoms with Gasteiger partial charge in [0.05, 0.1) is 21.1 Å². The molecule has 2 aromatic rings. The Labute approximate surface area is 114 Å². The van der Waals surface area contributed by atoms with Gasteiger partial charge in [-0.2, -0.15) is 0 Å². The van der Waals surface area contributed by atoms with Gasteiger partial charge in [-0.05, 0) is 30.4 Å². The molecule has 0 amide bonds. The second-order valence-electron chi connectivity index (χ2n) is 5.36. The number of hydrogen-bond acceptors (Lipinski definition) is 3. The molecule has 1 N–H and O–H groups in total. The van der Waals surface area contributed by atoms with Crippen LogP contribution in [-0.4, -0.2) is 16.1 Å². The van der Waals surface area contributed by atoms with E-state index in [1.165, 1.54) is 0 Å². The van der Waals surface area contributed by atoms with Gasteiger partial charge >= 0.3 is 5.97 Å². The van der Waals surface area contributed by atoms with Gasteiger partial charge in [0.1, 0.15) is 0 Å². The van der Waals surface area contributed by atoms with Gasteiger partial charge in [-0.25, -0.2) is 4.98 Å². The highest BCUT2D eigenvalue weighted by atomic mass is 32.1. The number of para-hydroxylation sites is 1. The van der Waals surface area contributed by atoms with Gasteiger partial charge in [-0.15, -0.1) is 11.3 Å². The Bertz CT molecular complexity index is 657. The highest BCUT2D eigenvalue weighted by Crippen LogP contribution is 2.54. The lowest BCUT2D eigenvalue weighted by Gasteiger charge is -2.22.